The molecule has 0 aliphatic carbocycles. The van der Waals surface area contributed by atoms with E-state index in [1.165, 1.54) is 6.20 Å². The van der Waals surface area contributed by atoms with Crippen LogP contribution in [-0.4, -0.2) is 24.6 Å². The molecule has 0 aliphatic rings. The molecule has 0 saturated carbocycles. The van der Waals surface area contributed by atoms with Crippen molar-refractivity contribution in [2.24, 2.45) is 0 Å². The van der Waals surface area contributed by atoms with E-state index in [9.17, 15) is 8.42 Å². The minimum atomic E-state index is -3.46. The van der Waals surface area contributed by atoms with Crippen LogP contribution in [0.15, 0.2) is 48.7 Å². The molecule has 10 heteroatoms. The molecule has 148 valence electrons. The first kappa shape index (κ1) is 20.4. The zero-order valence-electron chi connectivity index (χ0n) is 15.6. The summed E-state index contributed by atoms with van der Waals surface area (Å²) < 4.78 is 25.6. The van der Waals surface area contributed by atoms with Crippen LogP contribution in [0.3, 0.4) is 0 Å². The fourth-order valence-corrected chi connectivity index (χ4v) is 3.19. The lowest BCUT2D eigenvalue weighted by Crippen LogP contribution is -2.11. The van der Waals surface area contributed by atoms with Crippen molar-refractivity contribution in [1.29, 1.82) is 5.26 Å². The molecule has 1 aromatic heterocycles. The van der Waals surface area contributed by atoms with Gasteiger partial charge < -0.3 is 10.6 Å². The van der Waals surface area contributed by atoms with E-state index in [0.717, 1.165) is 11.8 Å². The number of sulfonamides is 1. The molecule has 0 saturated heterocycles. The van der Waals surface area contributed by atoms with E-state index < -0.39 is 10.0 Å². The molecule has 0 fully saturated rings. The van der Waals surface area contributed by atoms with Crippen LogP contribution in [-0.2, 0) is 10.0 Å². The van der Waals surface area contributed by atoms with Gasteiger partial charge >= 0.3 is 0 Å². The van der Waals surface area contributed by atoms with E-state index in [-0.39, 0.29) is 11.0 Å². The second-order valence-electron chi connectivity index (χ2n) is 6.20. The number of hydrogen-bond donors (Lipinski definition) is 3. The van der Waals surface area contributed by atoms with Crippen molar-refractivity contribution >= 4 is 50.5 Å². The van der Waals surface area contributed by atoms with Crippen LogP contribution < -0.4 is 15.4 Å². The summed E-state index contributed by atoms with van der Waals surface area (Å²) in [6, 6.07) is 14.1. The van der Waals surface area contributed by atoms with E-state index in [4.69, 9.17) is 16.9 Å². The van der Waals surface area contributed by atoms with Crippen molar-refractivity contribution in [3.8, 4) is 6.07 Å². The Balaban J connectivity index is 1.91. The molecule has 2 aromatic carbocycles. The maximum absolute atomic E-state index is 11.6. The van der Waals surface area contributed by atoms with Gasteiger partial charge in [-0.15, -0.1) is 0 Å². The van der Waals surface area contributed by atoms with Gasteiger partial charge in [0.05, 0.1) is 35.5 Å². The molecule has 0 unspecified atom stereocenters. The molecule has 0 spiro atoms. The Morgan fingerprint density at radius 3 is 2.48 bits per heavy atom. The van der Waals surface area contributed by atoms with Crippen molar-refractivity contribution in [3.05, 3.63) is 64.8 Å². The zero-order valence-corrected chi connectivity index (χ0v) is 17.1. The smallest absolute Gasteiger partial charge is 0.229 e. The van der Waals surface area contributed by atoms with E-state index in [0.29, 0.717) is 28.4 Å². The molecule has 3 rings (SSSR count). The predicted molar refractivity (Wildman–Crippen MR) is 114 cm³/mol. The number of rotatable bonds is 6. The Morgan fingerprint density at radius 2 is 1.79 bits per heavy atom. The molecule has 8 nitrogen and oxygen atoms in total. The molecular weight excluding hydrogens is 412 g/mol. The standard InChI is InChI=1S/C19H17ClN6O2S/c1-12-7-8-13(10-21)9-17(12)24-19-22-11-14(20)18(25-19)23-15-5-3-4-6-16(15)26-29(2,27)28/h3-9,11,26H,1-2H3,(H2,22,23,24,25). The van der Waals surface area contributed by atoms with Crippen LogP contribution in [0.25, 0.3) is 0 Å². The molecule has 0 atom stereocenters. The van der Waals surface area contributed by atoms with E-state index in [1.54, 1.807) is 36.4 Å². The molecular formula is C19H17ClN6O2S. The van der Waals surface area contributed by atoms with Gasteiger partial charge in [-0.2, -0.15) is 10.2 Å². The number of anilines is 5. The van der Waals surface area contributed by atoms with Crippen molar-refractivity contribution in [2.75, 3.05) is 21.6 Å². The zero-order chi connectivity index (χ0) is 21.0. The van der Waals surface area contributed by atoms with Crippen molar-refractivity contribution in [2.45, 2.75) is 6.92 Å². The summed E-state index contributed by atoms with van der Waals surface area (Å²) in [7, 11) is -3.46. The molecule has 3 aromatic rings. The number of aromatic nitrogens is 2. The number of benzene rings is 2. The van der Waals surface area contributed by atoms with Crippen LogP contribution in [0, 0.1) is 18.3 Å². The number of para-hydroxylation sites is 2. The SMILES string of the molecule is Cc1ccc(C#N)cc1Nc1ncc(Cl)c(Nc2ccccc2NS(C)(=O)=O)n1. The highest BCUT2D eigenvalue weighted by molar-refractivity contribution is 7.92. The van der Waals surface area contributed by atoms with Gasteiger partial charge in [0.25, 0.3) is 0 Å². The third kappa shape index (κ3) is 5.34. The van der Waals surface area contributed by atoms with Crippen LogP contribution in [0.4, 0.5) is 28.8 Å². The van der Waals surface area contributed by atoms with Gasteiger partial charge in [0.1, 0.15) is 5.02 Å². The Labute approximate surface area is 173 Å². The monoisotopic (exact) mass is 428 g/mol. The summed E-state index contributed by atoms with van der Waals surface area (Å²) in [6.45, 7) is 1.89. The number of nitriles is 1. The molecule has 3 N–H and O–H groups in total. The van der Waals surface area contributed by atoms with Crippen LogP contribution in [0.1, 0.15) is 11.1 Å². The maximum atomic E-state index is 11.6. The predicted octanol–water partition coefficient (Wildman–Crippen LogP) is 4.17. The lowest BCUT2D eigenvalue weighted by atomic mass is 10.1. The van der Waals surface area contributed by atoms with Gasteiger partial charge in [-0.1, -0.05) is 29.8 Å². The van der Waals surface area contributed by atoms with Gasteiger partial charge in [-0.3, -0.25) is 4.72 Å². The van der Waals surface area contributed by atoms with Crippen LogP contribution in [0.5, 0.6) is 0 Å². The molecule has 0 amide bonds. The second-order valence-corrected chi connectivity index (χ2v) is 8.36. The Hall–Kier alpha value is -3.35. The van der Waals surface area contributed by atoms with Gasteiger partial charge in [-0.25, -0.2) is 13.4 Å². The molecule has 0 radical (unpaired) electrons. The molecule has 29 heavy (non-hydrogen) atoms. The van der Waals surface area contributed by atoms with Gasteiger partial charge in [0.15, 0.2) is 5.82 Å². The average molecular weight is 429 g/mol. The minimum Gasteiger partial charge on any atom is -0.337 e. The van der Waals surface area contributed by atoms with Crippen LogP contribution in [0.2, 0.25) is 5.02 Å². The van der Waals surface area contributed by atoms with Crippen molar-refractivity contribution in [1.82, 2.24) is 9.97 Å². The Kier molecular flexibility index (Phi) is 5.87. The summed E-state index contributed by atoms with van der Waals surface area (Å²) in [5, 5.41) is 15.4. The normalized spacial score (nSPS) is 10.8. The third-order valence-electron chi connectivity index (χ3n) is 3.83. The topological polar surface area (TPSA) is 120 Å². The Bertz CT molecular complexity index is 1210. The lowest BCUT2D eigenvalue weighted by molar-refractivity contribution is 0.607. The highest BCUT2D eigenvalue weighted by Crippen LogP contribution is 2.30. The fourth-order valence-electron chi connectivity index (χ4n) is 2.47. The second kappa shape index (κ2) is 8.34. The van der Waals surface area contributed by atoms with Gasteiger partial charge in [-0.05, 0) is 36.8 Å². The highest BCUT2D eigenvalue weighted by atomic mass is 35.5. The minimum absolute atomic E-state index is 0.257. The van der Waals surface area contributed by atoms with Gasteiger partial charge in [0, 0.05) is 5.69 Å². The van der Waals surface area contributed by atoms with Crippen molar-refractivity contribution < 1.29 is 8.42 Å². The van der Waals surface area contributed by atoms with Crippen molar-refractivity contribution in [3.63, 3.8) is 0 Å². The van der Waals surface area contributed by atoms with Gasteiger partial charge in [0.2, 0.25) is 16.0 Å². The summed E-state index contributed by atoms with van der Waals surface area (Å²) in [4.78, 5) is 8.54. The number of aryl methyl sites for hydroxylation is 1. The summed E-state index contributed by atoms with van der Waals surface area (Å²) in [5.74, 6) is 0.560. The average Bonchev–Trinajstić information content (AvgIpc) is 2.66. The highest BCUT2D eigenvalue weighted by Gasteiger charge is 2.12. The quantitative estimate of drug-likeness (QED) is 0.538. The summed E-state index contributed by atoms with van der Waals surface area (Å²) in [6.07, 6.45) is 2.50. The van der Waals surface area contributed by atoms with E-state index in [2.05, 4.69) is 31.4 Å². The number of nitrogens with zero attached hydrogens (tertiary/aromatic N) is 3. The summed E-state index contributed by atoms with van der Waals surface area (Å²) >= 11 is 6.22. The first-order chi connectivity index (χ1) is 13.7. The molecule has 0 bridgehead atoms. The molecule has 0 aliphatic heterocycles. The first-order valence-electron chi connectivity index (χ1n) is 8.39. The fraction of sp³-hybridized carbons (Fsp3) is 0.105. The maximum Gasteiger partial charge on any atom is 0.229 e. The van der Waals surface area contributed by atoms with Crippen LogP contribution >= 0.6 is 11.6 Å². The third-order valence-corrected chi connectivity index (χ3v) is 4.70. The first-order valence-corrected chi connectivity index (χ1v) is 10.7. The Morgan fingerprint density at radius 1 is 1.07 bits per heavy atom. The molecule has 1 heterocycles. The largest absolute Gasteiger partial charge is 0.337 e. The van der Waals surface area contributed by atoms with E-state index in [1.807, 2.05) is 13.0 Å². The number of hydrogen-bond acceptors (Lipinski definition) is 7. The number of halogens is 1. The number of nitrogens with one attached hydrogen (secondary N) is 3. The lowest BCUT2D eigenvalue weighted by Gasteiger charge is -2.14. The van der Waals surface area contributed by atoms with E-state index >= 15 is 0 Å². The summed E-state index contributed by atoms with van der Waals surface area (Å²) in [5.41, 5.74) is 2.95.